The Hall–Kier alpha value is -1.84. The molecule has 0 saturated carbocycles. The van der Waals surface area contributed by atoms with Gasteiger partial charge in [-0.3, -0.25) is 0 Å². The monoisotopic (exact) mass is 274 g/mol. The van der Waals surface area contributed by atoms with Crippen molar-refractivity contribution in [2.24, 2.45) is 0 Å². The molecule has 20 heavy (non-hydrogen) atoms. The number of carboxylic acid groups (broad SMARTS) is 1. The van der Waals surface area contributed by atoms with Crippen LogP contribution in [0.15, 0.2) is 18.2 Å². The summed E-state index contributed by atoms with van der Waals surface area (Å²) in [6, 6.07) is 5.38. The molecule has 1 aromatic heterocycles. The molecule has 0 aliphatic rings. The fourth-order valence-electron chi connectivity index (χ4n) is 2.96. The van der Waals surface area contributed by atoms with E-state index < -0.39 is 5.97 Å². The molecule has 2 rings (SSSR count). The minimum absolute atomic E-state index is 0.0635. The Morgan fingerprint density at radius 3 is 2.60 bits per heavy atom. The van der Waals surface area contributed by atoms with Crippen molar-refractivity contribution < 1.29 is 9.90 Å². The van der Waals surface area contributed by atoms with Crippen molar-refractivity contribution in [1.82, 2.24) is 9.55 Å². The number of hydrogen-bond donors (Lipinski definition) is 1. The molecule has 1 aromatic carbocycles. The molecule has 0 aliphatic carbocycles. The summed E-state index contributed by atoms with van der Waals surface area (Å²) in [6.07, 6.45) is 2.90. The van der Waals surface area contributed by atoms with Crippen LogP contribution in [0.3, 0.4) is 0 Å². The number of aryl methyl sites for hydroxylation is 1. The smallest absolute Gasteiger partial charge is 0.337 e. The van der Waals surface area contributed by atoms with Gasteiger partial charge in [-0.2, -0.15) is 0 Å². The van der Waals surface area contributed by atoms with Gasteiger partial charge in [-0.1, -0.05) is 26.3 Å². The van der Waals surface area contributed by atoms with E-state index in [2.05, 4.69) is 37.2 Å². The first-order chi connectivity index (χ1) is 9.42. The summed E-state index contributed by atoms with van der Waals surface area (Å²) in [5, 5.41) is 9.31. The van der Waals surface area contributed by atoms with Crippen molar-refractivity contribution in [3.63, 3.8) is 0 Å². The van der Waals surface area contributed by atoms with Crippen molar-refractivity contribution in [3.8, 4) is 0 Å². The maximum Gasteiger partial charge on any atom is 0.337 e. The van der Waals surface area contributed by atoms with Gasteiger partial charge < -0.3 is 9.67 Å². The van der Waals surface area contributed by atoms with E-state index in [9.17, 15) is 9.90 Å². The van der Waals surface area contributed by atoms with Crippen LogP contribution < -0.4 is 0 Å². The number of carbonyl (C=O) groups is 1. The first-order valence-electron chi connectivity index (χ1n) is 7.16. The summed E-state index contributed by atoms with van der Waals surface area (Å²) >= 11 is 0. The summed E-state index contributed by atoms with van der Waals surface area (Å²) in [4.78, 5) is 15.9. The molecule has 0 atom stereocenters. The van der Waals surface area contributed by atoms with Gasteiger partial charge in [0, 0.05) is 12.0 Å². The van der Waals surface area contributed by atoms with Crippen LogP contribution in [0.1, 0.15) is 56.7 Å². The molecule has 108 valence electrons. The number of nitrogens with zero attached hydrogens (tertiary/aromatic N) is 2. The number of imidazole rings is 1. The third-order valence-corrected chi connectivity index (χ3v) is 3.77. The third-order valence-electron chi connectivity index (χ3n) is 3.77. The third kappa shape index (κ3) is 2.30. The number of carboxylic acids is 1. The molecule has 0 fully saturated rings. The van der Waals surface area contributed by atoms with Crippen molar-refractivity contribution in [2.45, 2.75) is 52.5 Å². The highest BCUT2D eigenvalue weighted by molar-refractivity contribution is 6.01. The maximum absolute atomic E-state index is 11.3. The Bertz CT molecular complexity index is 641. The number of rotatable bonds is 5. The SMILES string of the molecule is CCCC(C)(C)n1c(CC)nc2c(C(=O)O)cccc21. The Morgan fingerprint density at radius 1 is 1.35 bits per heavy atom. The van der Waals surface area contributed by atoms with Crippen molar-refractivity contribution >= 4 is 17.0 Å². The lowest BCUT2D eigenvalue weighted by Crippen LogP contribution is -2.27. The number of hydrogen-bond acceptors (Lipinski definition) is 2. The minimum atomic E-state index is -0.920. The highest BCUT2D eigenvalue weighted by atomic mass is 16.4. The maximum atomic E-state index is 11.3. The Balaban J connectivity index is 2.77. The highest BCUT2D eigenvalue weighted by Gasteiger charge is 2.26. The van der Waals surface area contributed by atoms with Gasteiger partial charge in [0.05, 0.1) is 11.1 Å². The zero-order chi connectivity index (χ0) is 14.9. The predicted molar refractivity (Wildman–Crippen MR) is 80.3 cm³/mol. The lowest BCUT2D eigenvalue weighted by atomic mass is 9.97. The van der Waals surface area contributed by atoms with Crippen LogP contribution in [-0.2, 0) is 12.0 Å². The van der Waals surface area contributed by atoms with Crippen LogP contribution in [0.4, 0.5) is 0 Å². The number of aromatic carboxylic acids is 1. The Kier molecular flexibility index (Phi) is 3.84. The van der Waals surface area contributed by atoms with Gasteiger partial charge in [-0.15, -0.1) is 0 Å². The van der Waals surface area contributed by atoms with Gasteiger partial charge in [0.2, 0.25) is 0 Å². The lowest BCUT2D eigenvalue weighted by molar-refractivity contribution is 0.0699. The quantitative estimate of drug-likeness (QED) is 0.901. The second kappa shape index (κ2) is 5.27. The number of benzene rings is 1. The van der Waals surface area contributed by atoms with E-state index in [0.29, 0.717) is 5.52 Å². The fourth-order valence-corrected chi connectivity index (χ4v) is 2.96. The van der Waals surface area contributed by atoms with E-state index in [1.807, 2.05) is 6.07 Å². The molecule has 0 unspecified atom stereocenters. The highest BCUT2D eigenvalue weighted by Crippen LogP contribution is 2.30. The van der Waals surface area contributed by atoms with E-state index in [4.69, 9.17) is 0 Å². The van der Waals surface area contributed by atoms with Gasteiger partial charge in [0.15, 0.2) is 0 Å². The molecule has 0 aliphatic heterocycles. The molecular formula is C16H22N2O2. The molecule has 0 spiro atoms. The van der Waals surface area contributed by atoms with Gasteiger partial charge in [0.25, 0.3) is 0 Å². The average molecular weight is 274 g/mol. The van der Waals surface area contributed by atoms with E-state index in [1.165, 1.54) is 0 Å². The van der Waals surface area contributed by atoms with Crippen LogP contribution >= 0.6 is 0 Å². The van der Waals surface area contributed by atoms with Crippen LogP contribution in [0, 0.1) is 0 Å². The molecule has 1 N–H and O–H groups in total. The van der Waals surface area contributed by atoms with Crippen LogP contribution in [-0.4, -0.2) is 20.6 Å². The largest absolute Gasteiger partial charge is 0.478 e. The second-order valence-electron chi connectivity index (χ2n) is 5.76. The van der Waals surface area contributed by atoms with E-state index in [1.54, 1.807) is 12.1 Å². The molecule has 4 heteroatoms. The van der Waals surface area contributed by atoms with Gasteiger partial charge in [0.1, 0.15) is 11.3 Å². The molecule has 1 heterocycles. The topological polar surface area (TPSA) is 55.1 Å². The molecule has 0 radical (unpaired) electrons. The predicted octanol–water partition coefficient (Wildman–Crippen LogP) is 3.83. The second-order valence-corrected chi connectivity index (χ2v) is 5.76. The number of aromatic nitrogens is 2. The standard InChI is InChI=1S/C16H22N2O2/c1-5-10-16(3,4)18-12-9-7-8-11(15(19)20)14(12)17-13(18)6-2/h7-9H,5-6,10H2,1-4H3,(H,19,20). The van der Waals surface area contributed by atoms with Crippen LogP contribution in [0.5, 0.6) is 0 Å². The number of para-hydroxylation sites is 1. The summed E-state index contributed by atoms with van der Waals surface area (Å²) < 4.78 is 2.21. The average Bonchev–Trinajstić information content (AvgIpc) is 2.77. The van der Waals surface area contributed by atoms with E-state index in [0.717, 1.165) is 30.6 Å². The van der Waals surface area contributed by atoms with Crippen molar-refractivity contribution in [1.29, 1.82) is 0 Å². The Morgan fingerprint density at radius 2 is 2.05 bits per heavy atom. The zero-order valence-corrected chi connectivity index (χ0v) is 12.6. The van der Waals surface area contributed by atoms with Gasteiger partial charge in [-0.25, -0.2) is 9.78 Å². The Labute approximate surface area is 119 Å². The number of fused-ring (bicyclic) bond motifs is 1. The molecule has 0 saturated heterocycles. The molecular weight excluding hydrogens is 252 g/mol. The summed E-state index contributed by atoms with van der Waals surface area (Å²) in [6.45, 7) is 8.59. The minimum Gasteiger partial charge on any atom is -0.478 e. The molecule has 0 amide bonds. The van der Waals surface area contributed by atoms with E-state index in [-0.39, 0.29) is 11.1 Å². The lowest BCUT2D eigenvalue weighted by Gasteiger charge is -2.29. The van der Waals surface area contributed by atoms with Crippen LogP contribution in [0.25, 0.3) is 11.0 Å². The van der Waals surface area contributed by atoms with Gasteiger partial charge in [-0.05, 0) is 32.4 Å². The van der Waals surface area contributed by atoms with Crippen molar-refractivity contribution in [3.05, 3.63) is 29.6 Å². The summed E-state index contributed by atoms with van der Waals surface area (Å²) in [7, 11) is 0. The molecule has 2 aromatic rings. The summed E-state index contributed by atoms with van der Waals surface area (Å²) in [5.74, 6) is 0.0309. The molecule has 4 nitrogen and oxygen atoms in total. The first kappa shape index (κ1) is 14.6. The zero-order valence-electron chi connectivity index (χ0n) is 12.6. The normalized spacial score (nSPS) is 12.0. The van der Waals surface area contributed by atoms with Gasteiger partial charge >= 0.3 is 5.97 Å². The van der Waals surface area contributed by atoms with E-state index >= 15 is 0 Å². The molecule has 0 bridgehead atoms. The van der Waals surface area contributed by atoms with Crippen molar-refractivity contribution in [2.75, 3.05) is 0 Å². The fraction of sp³-hybridized carbons (Fsp3) is 0.500. The summed E-state index contributed by atoms with van der Waals surface area (Å²) in [5.41, 5.74) is 1.73. The first-order valence-corrected chi connectivity index (χ1v) is 7.16. The van der Waals surface area contributed by atoms with Crippen LogP contribution in [0.2, 0.25) is 0 Å².